The Kier molecular flexibility index (Phi) is 3.71. The summed E-state index contributed by atoms with van der Waals surface area (Å²) in [6, 6.07) is 12.5. The van der Waals surface area contributed by atoms with E-state index in [4.69, 9.17) is 10.5 Å². The van der Waals surface area contributed by atoms with Crippen LogP contribution in [-0.4, -0.2) is 13.0 Å². The first-order valence-corrected chi connectivity index (χ1v) is 5.91. The lowest BCUT2D eigenvalue weighted by molar-refractivity contribution is 0.102. The summed E-state index contributed by atoms with van der Waals surface area (Å²) >= 11 is 0. The molecule has 0 fully saturated rings. The first-order chi connectivity index (χ1) is 9.10. The van der Waals surface area contributed by atoms with E-state index in [2.05, 4.69) is 5.32 Å². The van der Waals surface area contributed by atoms with E-state index >= 15 is 0 Å². The molecule has 1 amide bonds. The standard InChI is InChI=1S/C15H16N2O2/c1-10-6-7-13(14(16)8-10)15(18)17-11-4-3-5-12(9-11)19-2/h3-9H,16H2,1-2H3,(H,17,18). The summed E-state index contributed by atoms with van der Waals surface area (Å²) in [4.78, 5) is 12.1. The lowest BCUT2D eigenvalue weighted by Crippen LogP contribution is -2.14. The maximum atomic E-state index is 12.1. The SMILES string of the molecule is COc1cccc(NC(=O)c2ccc(C)cc2N)c1. The number of nitrogens with one attached hydrogen (secondary N) is 1. The minimum absolute atomic E-state index is 0.231. The second kappa shape index (κ2) is 5.44. The van der Waals surface area contributed by atoms with Crippen molar-refractivity contribution in [2.45, 2.75) is 6.92 Å². The molecule has 2 aromatic rings. The van der Waals surface area contributed by atoms with Crippen LogP contribution in [0.4, 0.5) is 11.4 Å². The topological polar surface area (TPSA) is 64.3 Å². The van der Waals surface area contributed by atoms with Gasteiger partial charge in [-0.15, -0.1) is 0 Å². The average molecular weight is 256 g/mol. The first kappa shape index (κ1) is 13.0. The van der Waals surface area contributed by atoms with Crippen molar-refractivity contribution in [3.05, 3.63) is 53.6 Å². The predicted octanol–water partition coefficient (Wildman–Crippen LogP) is 2.84. The predicted molar refractivity (Wildman–Crippen MR) is 76.5 cm³/mol. The second-order valence-corrected chi connectivity index (χ2v) is 4.28. The Morgan fingerprint density at radius 3 is 2.68 bits per heavy atom. The monoisotopic (exact) mass is 256 g/mol. The van der Waals surface area contributed by atoms with E-state index in [0.717, 1.165) is 5.56 Å². The van der Waals surface area contributed by atoms with Crippen LogP contribution in [0.25, 0.3) is 0 Å². The van der Waals surface area contributed by atoms with Crippen molar-refractivity contribution in [1.29, 1.82) is 0 Å². The molecule has 0 aliphatic carbocycles. The van der Waals surface area contributed by atoms with Crippen LogP contribution in [0.1, 0.15) is 15.9 Å². The summed E-state index contributed by atoms with van der Waals surface area (Å²) in [6.45, 7) is 1.93. The van der Waals surface area contributed by atoms with Crippen molar-refractivity contribution in [1.82, 2.24) is 0 Å². The fourth-order valence-corrected chi connectivity index (χ4v) is 1.79. The van der Waals surface area contributed by atoms with Crippen LogP contribution in [0.15, 0.2) is 42.5 Å². The molecule has 0 atom stereocenters. The summed E-state index contributed by atoms with van der Waals surface area (Å²) in [5.41, 5.74) is 8.48. The van der Waals surface area contributed by atoms with Gasteiger partial charge in [-0.25, -0.2) is 0 Å². The summed E-state index contributed by atoms with van der Waals surface area (Å²) in [5, 5.41) is 2.79. The molecule has 4 nitrogen and oxygen atoms in total. The Balaban J connectivity index is 2.20. The average Bonchev–Trinajstić information content (AvgIpc) is 2.38. The highest BCUT2D eigenvalue weighted by atomic mass is 16.5. The van der Waals surface area contributed by atoms with E-state index in [1.807, 2.05) is 25.1 Å². The number of nitrogens with two attached hydrogens (primary N) is 1. The fraction of sp³-hybridized carbons (Fsp3) is 0.133. The number of nitrogen functional groups attached to an aromatic ring is 1. The van der Waals surface area contributed by atoms with E-state index in [1.165, 1.54) is 0 Å². The number of hydrogen-bond acceptors (Lipinski definition) is 3. The Morgan fingerprint density at radius 2 is 2.00 bits per heavy atom. The Bertz CT molecular complexity index is 609. The molecule has 19 heavy (non-hydrogen) atoms. The molecular weight excluding hydrogens is 240 g/mol. The molecule has 0 radical (unpaired) electrons. The van der Waals surface area contributed by atoms with Gasteiger partial charge in [0, 0.05) is 17.4 Å². The van der Waals surface area contributed by atoms with Gasteiger partial charge in [0.1, 0.15) is 5.75 Å². The van der Waals surface area contributed by atoms with Crippen molar-refractivity contribution in [3.8, 4) is 5.75 Å². The van der Waals surface area contributed by atoms with Crippen molar-refractivity contribution >= 4 is 17.3 Å². The first-order valence-electron chi connectivity index (χ1n) is 5.91. The summed E-state index contributed by atoms with van der Waals surface area (Å²) in [6.07, 6.45) is 0. The zero-order valence-corrected chi connectivity index (χ0v) is 10.9. The number of ether oxygens (including phenoxy) is 1. The second-order valence-electron chi connectivity index (χ2n) is 4.28. The number of rotatable bonds is 3. The smallest absolute Gasteiger partial charge is 0.257 e. The van der Waals surface area contributed by atoms with E-state index < -0.39 is 0 Å². The molecule has 0 spiro atoms. The minimum Gasteiger partial charge on any atom is -0.497 e. The van der Waals surface area contributed by atoms with Crippen LogP contribution in [0.5, 0.6) is 5.75 Å². The highest BCUT2D eigenvalue weighted by molar-refractivity contribution is 6.07. The molecule has 0 saturated carbocycles. The summed E-state index contributed by atoms with van der Waals surface area (Å²) < 4.78 is 5.11. The van der Waals surface area contributed by atoms with Crippen LogP contribution in [0.3, 0.4) is 0 Å². The molecule has 0 saturated heterocycles. The van der Waals surface area contributed by atoms with Gasteiger partial charge in [0.05, 0.1) is 12.7 Å². The fourth-order valence-electron chi connectivity index (χ4n) is 1.79. The van der Waals surface area contributed by atoms with Crippen LogP contribution >= 0.6 is 0 Å². The normalized spacial score (nSPS) is 10.0. The Labute approximate surface area is 112 Å². The zero-order chi connectivity index (χ0) is 13.8. The van der Waals surface area contributed by atoms with Gasteiger partial charge < -0.3 is 15.8 Å². The third-order valence-electron chi connectivity index (χ3n) is 2.78. The van der Waals surface area contributed by atoms with Gasteiger partial charge in [0.25, 0.3) is 5.91 Å². The molecule has 0 bridgehead atoms. The highest BCUT2D eigenvalue weighted by Crippen LogP contribution is 2.19. The number of carbonyl (C=O) groups excluding carboxylic acids is 1. The maximum absolute atomic E-state index is 12.1. The van der Waals surface area contributed by atoms with Gasteiger partial charge in [-0.2, -0.15) is 0 Å². The number of methoxy groups -OCH3 is 1. The van der Waals surface area contributed by atoms with Gasteiger partial charge in [-0.05, 0) is 36.8 Å². The van der Waals surface area contributed by atoms with E-state index in [9.17, 15) is 4.79 Å². The molecular formula is C15H16N2O2. The van der Waals surface area contributed by atoms with Crippen molar-refractivity contribution in [3.63, 3.8) is 0 Å². The number of benzene rings is 2. The van der Waals surface area contributed by atoms with E-state index in [-0.39, 0.29) is 5.91 Å². The van der Waals surface area contributed by atoms with Crippen molar-refractivity contribution in [2.24, 2.45) is 0 Å². The van der Waals surface area contributed by atoms with Crippen LogP contribution in [0.2, 0.25) is 0 Å². The number of anilines is 2. The van der Waals surface area contributed by atoms with E-state index in [0.29, 0.717) is 22.7 Å². The number of aryl methyl sites for hydroxylation is 1. The lowest BCUT2D eigenvalue weighted by Gasteiger charge is -2.09. The molecule has 0 heterocycles. The van der Waals surface area contributed by atoms with Crippen LogP contribution < -0.4 is 15.8 Å². The summed E-state index contributed by atoms with van der Waals surface area (Å²) in [7, 11) is 1.58. The van der Waals surface area contributed by atoms with Crippen LogP contribution in [0, 0.1) is 6.92 Å². The lowest BCUT2D eigenvalue weighted by atomic mass is 10.1. The Morgan fingerprint density at radius 1 is 1.21 bits per heavy atom. The quantitative estimate of drug-likeness (QED) is 0.830. The summed E-state index contributed by atoms with van der Waals surface area (Å²) in [5.74, 6) is 0.459. The molecule has 98 valence electrons. The molecule has 0 unspecified atom stereocenters. The van der Waals surface area contributed by atoms with Gasteiger partial charge in [-0.1, -0.05) is 12.1 Å². The molecule has 0 aromatic heterocycles. The molecule has 0 aliphatic rings. The van der Waals surface area contributed by atoms with Crippen LogP contribution in [-0.2, 0) is 0 Å². The number of carbonyl (C=O) groups is 1. The third kappa shape index (κ3) is 3.04. The van der Waals surface area contributed by atoms with Crippen molar-refractivity contribution in [2.75, 3.05) is 18.2 Å². The van der Waals surface area contributed by atoms with Gasteiger partial charge in [0.15, 0.2) is 0 Å². The highest BCUT2D eigenvalue weighted by Gasteiger charge is 2.10. The van der Waals surface area contributed by atoms with Gasteiger partial charge >= 0.3 is 0 Å². The number of hydrogen-bond donors (Lipinski definition) is 2. The van der Waals surface area contributed by atoms with Gasteiger partial charge in [0.2, 0.25) is 0 Å². The maximum Gasteiger partial charge on any atom is 0.257 e. The number of amides is 1. The van der Waals surface area contributed by atoms with Crippen molar-refractivity contribution < 1.29 is 9.53 Å². The molecule has 0 aliphatic heterocycles. The molecule has 3 N–H and O–H groups in total. The minimum atomic E-state index is -0.231. The third-order valence-corrected chi connectivity index (χ3v) is 2.78. The van der Waals surface area contributed by atoms with E-state index in [1.54, 1.807) is 31.4 Å². The molecule has 2 aromatic carbocycles. The van der Waals surface area contributed by atoms with Gasteiger partial charge in [-0.3, -0.25) is 4.79 Å². The largest absolute Gasteiger partial charge is 0.497 e. The molecule has 2 rings (SSSR count). The molecule has 4 heteroatoms. The zero-order valence-electron chi connectivity index (χ0n) is 10.9. The Hall–Kier alpha value is -2.49.